The highest BCUT2D eigenvalue weighted by Crippen LogP contribution is 2.29. The maximum absolute atomic E-state index is 5.69. The molecule has 0 bridgehead atoms. The molecule has 4 nitrogen and oxygen atoms in total. The summed E-state index contributed by atoms with van der Waals surface area (Å²) in [5.74, 6) is 7.58. The van der Waals surface area contributed by atoms with Crippen LogP contribution in [0.2, 0.25) is 0 Å². The molecule has 18 heavy (non-hydrogen) atoms. The Kier molecular flexibility index (Phi) is 3.85. The van der Waals surface area contributed by atoms with E-state index in [0.29, 0.717) is 0 Å². The van der Waals surface area contributed by atoms with Gasteiger partial charge in [0.15, 0.2) is 0 Å². The molecule has 0 amide bonds. The van der Waals surface area contributed by atoms with Crippen LogP contribution in [0, 0.1) is 27.7 Å². The summed E-state index contributed by atoms with van der Waals surface area (Å²) < 4.78 is 5.66. The van der Waals surface area contributed by atoms with Gasteiger partial charge in [0.05, 0.1) is 11.0 Å². The van der Waals surface area contributed by atoms with Crippen LogP contribution in [0.25, 0.3) is 0 Å². The van der Waals surface area contributed by atoms with Crippen molar-refractivity contribution in [3.63, 3.8) is 0 Å². The van der Waals surface area contributed by atoms with Crippen molar-refractivity contribution < 1.29 is 4.42 Å². The third-order valence-electron chi connectivity index (χ3n) is 3.21. The summed E-state index contributed by atoms with van der Waals surface area (Å²) in [6, 6.07) is 0.0491. The summed E-state index contributed by atoms with van der Waals surface area (Å²) >= 11 is 1.67. The molecule has 0 aliphatic heterocycles. The molecule has 0 saturated carbocycles. The van der Waals surface area contributed by atoms with Crippen molar-refractivity contribution >= 4 is 11.3 Å². The van der Waals surface area contributed by atoms with E-state index in [1.54, 1.807) is 11.3 Å². The Balaban J connectivity index is 2.28. The van der Waals surface area contributed by atoms with Gasteiger partial charge in [-0.05, 0) is 33.3 Å². The van der Waals surface area contributed by atoms with Crippen LogP contribution in [-0.4, -0.2) is 4.98 Å². The Morgan fingerprint density at radius 3 is 2.50 bits per heavy atom. The van der Waals surface area contributed by atoms with E-state index >= 15 is 0 Å². The molecule has 0 fully saturated rings. The van der Waals surface area contributed by atoms with Crippen molar-refractivity contribution in [1.82, 2.24) is 10.4 Å². The van der Waals surface area contributed by atoms with Crippen LogP contribution in [0.15, 0.2) is 9.80 Å². The lowest BCUT2D eigenvalue weighted by Crippen LogP contribution is -2.30. The average molecular weight is 265 g/mol. The van der Waals surface area contributed by atoms with Crippen LogP contribution >= 0.6 is 11.3 Å². The third kappa shape index (κ3) is 2.48. The quantitative estimate of drug-likeness (QED) is 0.659. The highest BCUT2D eigenvalue weighted by molar-refractivity contribution is 7.09. The molecule has 1 atom stereocenters. The van der Waals surface area contributed by atoms with E-state index in [1.807, 2.05) is 20.8 Å². The van der Waals surface area contributed by atoms with Crippen LogP contribution in [0.1, 0.15) is 39.4 Å². The molecule has 0 aliphatic rings. The van der Waals surface area contributed by atoms with Gasteiger partial charge in [0, 0.05) is 23.1 Å². The molecule has 2 heterocycles. The fourth-order valence-electron chi connectivity index (χ4n) is 2.24. The van der Waals surface area contributed by atoms with E-state index in [9.17, 15) is 0 Å². The number of hydrazine groups is 1. The number of nitrogens with two attached hydrogens (primary N) is 1. The van der Waals surface area contributed by atoms with Crippen molar-refractivity contribution in [2.24, 2.45) is 5.84 Å². The zero-order valence-corrected chi connectivity index (χ0v) is 12.0. The highest BCUT2D eigenvalue weighted by Gasteiger charge is 2.21. The van der Waals surface area contributed by atoms with E-state index in [0.717, 1.165) is 34.2 Å². The number of aryl methyl sites for hydroxylation is 3. The van der Waals surface area contributed by atoms with Crippen LogP contribution in [0.4, 0.5) is 0 Å². The first kappa shape index (κ1) is 13.3. The normalized spacial score (nSPS) is 12.9. The highest BCUT2D eigenvalue weighted by atomic mass is 32.1. The van der Waals surface area contributed by atoms with Gasteiger partial charge in [-0.1, -0.05) is 0 Å². The van der Waals surface area contributed by atoms with Crippen molar-refractivity contribution in [1.29, 1.82) is 0 Å². The molecule has 0 aromatic carbocycles. The number of aromatic nitrogens is 1. The van der Waals surface area contributed by atoms with E-state index < -0.39 is 0 Å². The fourth-order valence-corrected chi connectivity index (χ4v) is 3.06. The molecule has 0 saturated heterocycles. The summed E-state index contributed by atoms with van der Waals surface area (Å²) in [7, 11) is 0. The molecule has 3 N–H and O–H groups in total. The Morgan fingerprint density at radius 2 is 2.06 bits per heavy atom. The van der Waals surface area contributed by atoms with Crippen molar-refractivity contribution in [3.8, 4) is 0 Å². The number of hydrogen-bond donors (Lipinski definition) is 2. The smallest absolute Gasteiger partial charge is 0.106 e. The predicted octanol–water partition coefficient (Wildman–Crippen LogP) is 2.72. The first-order chi connectivity index (χ1) is 8.52. The Bertz CT molecular complexity index is 544. The fraction of sp³-hybridized carbons (Fsp3) is 0.462. The number of nitrogens with one attached hydrogen (secondary N) is 1. The molecule has 2 rings (SSSR count). The molecule has 0 spiro atoms. The number of rotatable bonds is 4. The van der Waals surface area contributed by atoms with Gasteiger partial charge in [-0.15, -0.1) is 11.3 Å². The summed E-state index contributed by atoms with van der Waals surface area (Å²) in [5, 5.41) is 3.15. The molecule has 5 heteroatoms. The second-order valence-electron chi connectivity index (χ2n) is 4.56. The van der Waals surface area contributed by atoms with Gasteiger partial charge < -0.3 is 4.42 Å². The van der Waals surface area contributed by atoms with Crippen LogP contribution in [0.5, 0.6) is 0 Å². The van der Waals surface area contributed by atoms with Gasteiger partial charge in [0.25, 0.3) is 0 Å². The standard InChI is InChI=1S/C13H19N3OS/c1-7-6-18-12(15-7)5-11(16-14)13-8(2)9(3)17-10(13)4/h6,11,16H,5,14H2,1-4H3. The van der Waals surface area contributed by atoms with Crippen LogP contribution in [0.3, 0.4) is 0 Å². The van der Waals surface area contributed by atoms with Gasteiger partial charge in [-0.3, -0.25) is 11.3 Å². The number of thiazole rings is 1. The predicted molar refractivity (Wildman–Crippen MR) is 73.5 cm³/mol. The topological polar surface area (TPSA) is 64.1 Å². The SMILES string of the molecule is Cc1csc(CC(NN)c2c(C)oc(C)c2C)n1. The summed E-state index contributed by atoms with van der Waals surface area (Å²) in [6.45, 7) is 8.03. The molecule has 0 radical (unpaired) electrons. The summed E-state index contributed by atoms with van der Waals surface area (Å²) in [5.41, 5.74) is 6.26. The Hall–Kier alpha value is -1.17. The Labute approximate surface area is 111 Å². The lowest BCUT2D eigenvalue weighted by Gasteiger charge is -2.15. The minimum Gasteiger partial charge on any atom is -0.466 e. The minimum atomic E-state index is 0.0491. The van der Waals surface area contributed by atoms with E-state index in [1.165, 1.54) is 5.56 Å². The zero-order valence-electron chi connectivity index (χ0n) is 11.2. The van der Waals surface area contributed by atoms with Gasteiger partial charge in [-0.25, -0.2) is 4.98 Å². The van der Waals surface area contributed by atoms with Crippen molar-refractivity contribution in [2.45, 2.75) is 40.2 Å². The molecular weight excluding hydrogens is 246 g/mol. The average Bonchev–Trinajstić information content (AvgIpc) is 2.82. The van der Waals surface area contributed by atoms with E-state index in [4.69, 9.17) is 10.3 Å². The second kappa shape index (κ2) is 5.22. The number of hydrogen-bond acceptors (Lipinski definition) is 5. The van der Waals surface area contributed by atoms with E-state index in [2.05, 4.69) is 22.7 Å². The maximum Gasteiger partial charge on any atom is 0.106 e. The van der Waals surface area contributed by atoms with Gasteiger partial charge in [-0.2, -0.15) is 0 Å². The minimum absolute atomic E-state index is 0.0491. The second-order valence-corrected chi connectivity index (χ2v) is 5.50. The van der Waals surface area contributed by atoms with Gasteiger partial charge in [0.1, 0.15) is 11.5 Å². The third-order valence-corrected chi connectivity index (χ3v) is 4.20. The zero-order chi connectivity index (χ0) is 13.3. The van der Waals surface area contributed by atoms with E-state index in [-0.39, 0.29) is 6.04 Å². The molecular formula is C13H19N3OS. The molecule has 2 aromatic heterocycles. The largest absolute Gasteiger partial charge is 0.466 e. The number of furan rings is 1. The lowest BCUT2D eigenvalue weighted by atomic mass is 10.0. The first-order valence-corrected chi connectivity index (χ1v) is 6.84. The molecule has 1 unspecified atom stereocenters. The summed E-state index contributed by atoms with van der Waals surface area (Å²) in [4.78, 5) is 4.48. The van der Waals surface area contributed by atoms with Gasteiger partial charge >= 0.3 is 0 Å². The molecule has 0 aliphatic carbocycles. The molecule has 98 valence electrons. The molecule has 2 aromatic rings. The monoisotopic (exact) mass is 265 g/mol. The van der Waals surface area contributed by atoms with Crippen LogP contribution < -0.4 is 11.3 Å². The van der Waals surface area contributed by atoms with Crippen molar-refractivity contribution in [3.05, 3.63) is 38.7 Å². The van der Waals surface area contributed by atoms with Crippen molar-refractivity contribution in [2.75, 3.05) is 0 Å². The first-order valence-electron chi connectivity index (χ1n) is 5.96. The summed E-state index contributed by atoms with van der Waals surface area (Å²) in [6.07, 6.45) is 0.787. The number of nitrogens with zero attached hydrogens (tertiary/aromatic N) is 1. The Morgan fingerprint density at radius 1 is 1.33 bits per heavy atom. The maximum atomic E-state index is 5.69. The van der Waals surface area contributed by atoms with Crippen LogP contribution in [-0.2, 0) is 6.42 Å². The van der Waals surface area contributed by atoms with Gasteiger partial charge in [0.2, 0.25) is 0 Å². The lowest BCUT2D eigenvalue weighted by molar-refractivity contribution is 0.484.